The Bertz CT molecular complexity index is 551. The van der Waals surface area contributed by atoms with Gasteiger partial charge >= 0.3 is 0 Å². The normalized spacial score (nSPS) is 10.8. The molecule has 1 aromatic carbocycles. The lowest BCUT2D eigenvalue weighted by molar-refractivity contribution is 0.242. The first kappa shape index (κ1) is 13.5. The summed E-state index contributed by atoms with van der Waals surface area (Å²) in [6.07, 6.45) is 0.186. The Labute approximate surface area is 114 Å². The molecule has 3 heteroatoms. The van der Waals surface area contributed by atoms with Crippen molar-refractivity contribution in [2.75, 3.05) is 0 Å². The van der Waals surface area contributed by atoms with Crippen molar-refractivity contribution in [3.8, 4) is 17.1 Å². The predicted octanol–water partition coefficient (Wildman–Crippen LogP) is 3.86. The van der Waals surface area contributed by atoms with E-state index < -0.39 is 0 Å². The number of aryl methyl sites for hydroxylation is 2. The van der Waals surface area contributed by atoms with E-state index >= 15 is 0 Å². The first-order valence-electron chi connectivity index (χ1n) is 6.56. The highest BCUT2D eigenvalue weighted by Gasteiger charge is 2.07. The predicted molar refractivity (Wildman–Crippen MR) is 77.4 cm³/mol. The van der Waals surface area contributed by atoms with E-state index in [4.69, 9.17) is 4.74 Å². The Kier molecular flexibility index (Phi) is 3.84. The number of aromatic nitrogens is 2. The number of hydrogen-bond donors (Lipinski definition) is 0. The van der Waals surface area contributed by atoms with Crippen LogP contribution in [0.3, 0.4) is 0 Å². The van der Waals surface area contributed by atoms with Gasteiger partial charge in [-0.05, 0) is 64.4 Å². The van der Waals surface area contributed by atoms with Crippen molar-refractivity contribution in [3.63, 3.8) is 0 Å². The lowest BCUT2D eigenvalue weighted by Gasteiger charge is -2.10. The largest absolute Gasteiger partial charge is 0.491 e. The Morgan fingerprint density at radius 1 is 0.895 bits per heavy atom. The van der Waals surface area contributed by atoms with Gasteiger partial charge in [0.1, 0.15) is 5.75 Å². The van der Waals surface area contributed by atoms with Crippen LogP contribution in [0.15, 0.2) is 24.3 Å². The SMILES string of the molecule is Cc1nc(-c2ccc(OC(C)C)cc2)nc(C)c1C. The minimum Gasteiger partial charge on any atom is -0.491 e. The summed E-state index contributed by atoms with van der Waals surface area (Å²) in [5, 5.41) is 0. The molecular weight excluding hydrogens is 236 g/mol. The van der Waals surface area contributed by atoms with Crippen molar-refractivity contribution >= 4 is 0 Å². The maximum absolute atomic E-state index is 5.63. The van der Waals surface area contributed by atoms with Gasteiger partial charge in [-0.2, -0.15) is 0 Å². The van der Waals surface area contributed by atoms with E-state index in [1.165, 1.54) is 0 Å². The average Bonchev–Trinajstić information content (AvgIpc) is 2.35. The molecule has 0 saturated heterocycles. The quantitative estimate of drug-likeness (QED) is 0.836. The van der Waals surface area contributed by atoms with Crippen molar-refractivity contribution in [1.29, 1.82) is 0 Å². The third kappa shape index (κ3) is 3.11. The molecule has 0 saturated carbocycles. The number of nitrogens with zero attached hydrogens (tertiary/aromatic N) is 2. The van der Waals surface area contributed by atoms with E-state index in [0.717, 1.165) is 34.1 Å². The maximum Gasteiger partial charge on any atom is 0.159 e. The molecule has 0 bridgehead atoms. The zero-order valence-electron chi connectivity index (χ0n) is 12.2. The third-order valence-corrected chi connectivity index (χ3v) is 3.12. The highest BCUT2D eigenvalue weighted by atomic mass is 16.5. The van der Waals surface area contributed by atoms with E-state index in [2.05, 4.69) is 9.97 Å². The van der Waals surface area contributed by atoms with Crippen molar-refractivity contribution < 1.29 is 4.74 Å². The van der Waals surface area contributed by atoms with Gasteiger partial charge in [0.15, 0.2) is 5.82 Å². The molecular formula is C16H20N2O. The summed E-state index contributed by atoms with van der Waals surface area (Å²) in [6, 6.07) is 7.93. The highest BCUT2D eigenvalue weighted by molar-refractivity contribution is 5.57. The standard InChI is InChI=1S/C16H20N2O/c1-10(2)19-15-8-6-14(7-9-15)16-17-12(4)11(3)13(5)18-16/h6-10H,1-5H3. The van der Waals surface area contributed by atoms with E-state index in [1.807, 2.05) is 58.9 Å². The van der Waals surface area contributed by atoms with Crippen LogP contribution in [0.4, 0.5) is 0 Å². The summed E-state index contributed by atoms with van der Waals surface area (Å²) in [4.78, 5) is 9.08. The monoisotopic (exact) mass is 256 g/mol. The minimum absolute atomic E-state index is 0.186. The van der Waals surface area contributed by atoms with Gasteiger partial charge in [-0.3, -0.25) is 0 Å². The lowest BCUT2D eigenvalue weighted by Crippen LogP contribution is -2.05. The molecule has 3 nitrogen and oxygen atoms in total. The smallest absolute Gasteiger partial charge is 0.159 e. The van der Waals surface area contributed by atoms with E-state index in [9.17, 15) is 0 Å². The van der Waals surface area contributed by atoms with Crippen LogP contribution >= 0.6 is 0 Å². The molecule has 0 aliphatic heterocycles. The molecule has 0 atom stereocenters. The number of benzene rings is 1. The molecule has 0 aliphatic rings. The van der Waals surface area contributed by atoms with Gasteiger partial charge < -0.3 is 4.74 Å². The molecule has 0 fully saturated rings. The molecule has 0 aliphatic carbocycles. The second-order valence-corrected chi connectivity index (χ2v) is 5.03. The first-order valence-corrected chi connectivity index (χ1v) is 6.56. The molecule has 19 heavy (non-hydrogen) atoms. The summed E-state index contributed by atoms with van der Waals surface area (Å²) in [7, 11) is 0. The van der Waals surface area contributed by atoms with Crippen molar-refractivity contribution in [1.82, 2.24) is 9.97 Å². The lowest BCUT2D eigenvalue weighted by atomic mass is 10.1. The van der Waals surface area contributed by atoms with Crippen molar-refractivity contribution in [2.45, 2.75) is 40.7 Å². The van der Waals surface area contributed by atoms with Gasteiger partial charge in [0.25, 0.3) is 0 Å². The molecule has 0 amide bonds. The molecule has 2 aromatic rings. The Hall–Kier alpha value is -1.90. The fourth-order valence-electron chi connectivity index (χ4n) is 1.86. The first-order chi connectivity index (χ1) is 8.97. The van der Waals surface area contributed by atoms with Crippen molar-refractivity contribution in [3.05, 3.63) is 41.2 Å². The fourth-order valence-corrected chi connectivity index (χ4v) is 1.86. The molecule has 0 N–H and O–H groups in total. The number of hydrogen-bond acceptors (Lipinski definition) is 3. The zero-order chi connectivity index (χ0) is 14.0. The van der Waals surface area contributed by atoms with Crippen LogP contribution in [0, 0.1) is 20.8 Å². The molecule has 0 unspecified atom stereocenters. The van der Waals surface area contributed by atoms with Gasteiger partial charge in [-0.1, -0.05) is 0 Å². The van der Waals surface area contributed by atoms with Gasteiger partial charge in [0.2, 0.25) is 0 Å². The molecule has 100 valence electrons. The van der Waals surface area contributed by atoms with Crippen LogP contribution < -0.4 is 4.74 Å². The second kappa shape index (κ2) is 5.39. The summed E-state index contributed by atoms with van der Waals surface area (Å²) in [6.45, 7) is 10.1. The number of rotatable bonds is 3. The third-order valence-electron chi connectivity index (χ3n) is 3.12. The molecule has 1 aromatic heterocycles. The van der Waals surface area contributed by atoms with Gasteiger partial charge in [-0.25, -0.2) is 9.97 Å². The second-order valence-electron chi connectivity index (χ2n) is 5.03. The summed E-state index contributed by atoms with van der Waals surface area (Å²) < 4.78 is 5.63. The Morgan fingerprint density at radius 3 is 1.89 bits per heavy atom. The minimum atomic E-state index is 0.186. The Morgan fingerprint density at radius 2 is 1.42 bits per heavy atom. The Balaban J connectivity index is 2.32. The zero-order valence-corrected chi connectivity index (χ0v) is 12.2. The average molecular weight is 256 g/mol. The fraction of sp³-hybridized carbons (Fsp3) is 0.375. The van der Waals surface area contributed by atoms with E-state index in [-0.39, 0.29) is 6.10 Å². The molecule has 0 radical (unpaired) electrons. The van der Waals surface area contributed by atoms with Crippen LogP contribution in [0.25, 0.3) is 11.4 Å². The van der Waals surface area contributed by atoms with Crippen LogP contribution in [-0.4, -0.2) is 16.1 Å². The van der Waals surface area contributed by atoms with E-state index in [0.29, 0.717) is 0 Å². The maximum atomic E-state index is 5.63. The highest BCUT2D eigenvalue weighted by Crippen LogP contribution is 2.21. The summed E-state index contributed by atoms with van der Waals surface area (Å²) in [5.74, 6) is 1.65. The van der Waals surface area contributed by atoms with Crippen LogP contribution in [-0.2, 0) is 0 Å². The molecule has 1 heterocycles. The topological polar surface area (TPSA) is 35.0 Å². The van der Waals surface area contributed by atoms with Gasteiger partial charge in [0.05, 0.1) is 6.10 Å². The molecule has 0 spiro atoms. The summed E-state index contributed by atoms with van der Waals surface area (Å²) in [5.41, 5.74) is 4.24. The number of ether oxygens (including phenoxy) is 1. The van der Waals surface area contributed by atoms with Crippen LogP contribution in [0.5, 0.6) is 5.75 Å². The summed E-state index contributed by atoms with van der Waals surface area (Å²) >= 11 is 0. The van der Waals surface area contributed by atoms with Gasteiger partial charge in [0, 0.05) is 17.0 Å². The van der Waals surface area contributed by atoms with E-state index in [1.54, 1.807) is 0 Å². The molecule has 2 rings (SSSR count). The van der Waals surface area contributed by atoms with Crippen LogP contribution in [0.2, 0.25) is 0 Å². The van der Waals surface area contributed by atoms with Gasteiger partial charge in [-0.15, -0.1) is 0 Å². The van der Waals surface area contributed by atoms with Crippen molar-refractivity contribution in [2.24, 2.45) is 0 Å². The van der Waals surface area contributed by atoms with Crippen LogP contribution in [0.1, 0.15) is 30.8 Å².